The van der Waals surface area contributed by atoms with E-state index in [0.29, 0.717) is 18.9 Å². The number of nitrogens with one attached hydrogen (secondary N) is 2. The third kappa shape index (κ3) is 5.30. The van der Waals surface area contributed by atoms with Gasteiger partial charge in [0.25, 0.3) is 0 Å². The molecule has 1 saturated heterocycles. The van der Waals surface area contributed by atoms with Crippen LogP contribution in [0, 0.1) is 11.7 Å². The number of halogens is 1. The molecule has 22 heavy (non-hydrogen) atoms. The largest absolute Gasteiger partial charge is 0.357 e. The predicted octanol–water partition coefficient (Wildman–Crippen LogP) is 1.88. The van der Waals surface area contributed by atoms with Crippen LogP contribution in [0.3, 0.4) is 0 Å². The van der Waals surface area contributed by atoms with Crippen LogP contribution >= 0.6 is 0 Å². The lowest BCUT2D eigenvalue weighted by molar-refractivity contribution is 0.397. The Morgan fingerprint density at radius 2 is 2.18 bits per heavy atom. The fourth-order valence-electron chi connectivity index (χ4n) is 2.75. The Bertz CT molecular complexity index is 489. The number of benzene rings is 1. The van der Waals surface area contributed by atoms with E-state index < -0.39 is 0 Å². The molecule has 1 aromatic carbocycles. The molecule has 0 amide bonds. The number of guanidine groups is 1. The monoisotopic (exact) mass is 306 g/mol. The smallest absolute Gasteiger partial charge is 0.191 e. The average Bonchev–Trinajstić information content (AvgIpc) is 2.92. The fourth-order valence-corrected chi connectivity index (χ4v) is 2.75. The lowest BCUT2D eigenvalue weighted by Gasteiger charge is -2.13. The number of hydrogen-bond acceptors (Lipinski definition) is 2. The van der Waals surface area contributed by atoms with E-state index in [4.69, 9.17) is 0 Å². The van der Waals surface area contributed by atoms with E-state index in [1.165, 1.54) is 12.5 Å². The zero-order valence-corrected chi connectivity index (χ0v) is 13.6. The first-order valence-electron chi connectivity index (χ1n) is 8.13. The topological polar surface area (TPSA) is 39.7 Å². The predicted molar refractivity (Wildman–Crippen MR) is 89.7 cm³/mol. The zero-order chi connectivity index (χ0) is 15.8. The lowest BCUT2D eigenvalue weighted by atomic mass is 10.1. The summed E-state index contributed by atoms with van der Waals surface area (Å²) in [6, 6.07) is 6.92. The zero-order valence-electron chi connectivity index (χ0n) is 13.6. The number of aliphatic imine (C=N–C) groups is 1. The molecule has 2 rings (SSSR count). The minimum Gasteiger partial charge on any atom is -0.357 e. The number of nitrogens with zero attached hydrogens (tertiary/aromatic N) is 2. The minimum absolute atomic E-state index is 0.139. The van der Waals surface area contributed by atoms with E-state index in [1.807, 2.05) is 12.1 Å². The van der Waals surface area contributed by atoms with Gasteiger partial charge in [0.15, 0.2) is 5.96 Å². The van der Waals surface area contributed by atoms with Gasteiger partial charge in [-0.15, -0.1) is 0 Å². The molecule has 1 atom stereocenters. The van der Waals surface area contributed by atoms with Crippen LogP contribution in [0.25, 0.3) is 0 Å². The Hall–Kier alpha value is -1.62. The van der Waals surface area contributed by atoms with Gasteiger partial charge in [-0.05, 0) is 50.9 Å². The van der Waals surface area contributed by atoms with Crippen molar-refractivity contribution in [1.82, 2.24) is 15.5 Å². The summed E-state index contributed by atoms with van der Waals surface area (Å²) < 4.78 is 13.6. The highest BCUT2D eigenvalue weighted by molar-refractivity contribution is 5.79. The Morgan fingerprint density at radius 3 is 2.86 bits per heavy atom. The van der Waals surface area contributed by atoms with E-state index in [1.54, 1.807) is 6.07 Å². The van der Waals surface area contributed by atoms with Gasteiger partial charge < -0.3 is 15.5 Å². The van der Waals surface area contributed by atoms with Gasteiger partial charge in [0.05, 0.1) is 0 Å². The van der Waals surface area contributed by atoms with Crippen LogP contribution in [0.4, 0.5) is 4.39 Å². The maximum Gasteiger partial charge on any atom is 0.191 e. The van der Waals surface area contributed by atoms with Crippen LogP contribution in [0.1, 0.15) is 18.9 Å². The Morgan fingerprint density at radius 1 is 1.36 bits per heavy atom. The molecule has 0 saturated carbocycles. The van der Waals surface area contributed by atoms with Crippen molar-refractivity contribution < 1.29 is 4.39 Å². The van der Waals surface area contributed by atoms with Crippen LogP contribution in [0.15, 0.2) is 29.3 Å². The molecule has 1 heterocycles. The molecule has 0 aromatic heterocycles. The molecule has 4 nitrogen and oxygen atoms in total. The summed E-state index contributed by atoms with van der Waals surface area (Å²) in [5, 5.41) is 6.54. The molecule has 2 N–H and O–H groups in total. The van der Waals surface area contributed by atoms with Crippen molar-refractivity contribution in [2.75, 3.05) is 39.8 Å². The first-order valence-corrected chi connectivity index (χ1v) is 8.13. The summed E-state index contributed by atoms with van der Waals surface area (Å²) in [7, 11) is 2.15. The summed E-state index contributed by atoms with van der Waals surface area (Å²) in [6.07, 6.45) is 1.87. The van der Waals surface area contributed by atoms with Gasteiger partial charge in [0.1, 0.15) is 5.82 Å². The highest BCUT2D eigenvalue weighted by Gasteiger charge is 2.18. The molecule has 0 bridgehead atoms. The normalized spacial score (nSPS) is 19.4. The molecular weight excluding hydrogens is 279 g/mol. The van der Waals surface area contributed by atoms with Gasteiger partial charge in [-0.25, -0.2) is 4.39 Å². The van der Waals surface area contributed by atoms with E-state index in [9.17, 15) is 4.39 Å². The van der Waals surface area contributed by atoms with E-state index >= 15 is 0 Å². The van der Waals surface area contributed by atoms with Gasteiger partial charge in [0.2, 0.25) is 0 Å². The molecular formula is C17H27FN4. The summed E-state index contributed by atoms with van der Waals surface area (Å²) in [5.74, 6) is 1.33. The van der Waals surface area contributed by atoms with Crippen molar-refractivity contribution in [3.05, 3.63) is 35.6 Å². The Balaban J connectivity index is 1.79. The maximum absolute atomic E-state index is 13.6. The molecule has 0 spiro atoms. The van der Waals surface area contributed by atoms with Crippen LogP contribution in [-0.2, 0) is 6.42 Å². The van der Waals surface area contributed by atoms with Crippen LogP contribution < -0.4 is 10.6 Å². The van der Waals surface area contributed by atoms with Crippen LogP contribution in [-0.4, -0.2) is 50.6 Å². The average molecular weight is 306 g/mol. The standard InChI is InChI=1S/C17H27FN4/c1-3-19-17(21-12-14-9-11-22(2)13-14)20-10-8-15-6-4-5-7-16(15)18/h4-7,14H,3,8-13H2,1-2H3,(H2,19,20,21). The summed E-state index contributed by atoms with van der Waals surface area (Å²) in [4.78, 5) is 7.00. The van der Waals surface area contributed by atoms with Gasteiger partial charge in [-0.3, -0.25) is 4.99 Å². The van der Waals surface area contributed by atoms with Crippen molar-refractivity contribution in [3.8, 4) is 0 Å². The summed E-state index contributed by atoms with van der Waals surface area (Å²) in [6.45, 7) is 6.69. The minimum atomic E-state index is -0.139. The first-order chi connectivity index (χ1) is 10.7. The maximum atomic E-state index is 13.6. The van der Waals surface area contributed by atoms with Crippen molar-refractivity contribution >= 4 is 5.96 Å². The Kier molecular flexibility index (Phi) is 6.65. The number of hydrogen-bond donors (Lipinski definition) is 2. The highest BCUT2D eigenvalue weighted by atomic mass is 19.1. The molecule has 122 valence electrons. The van der Waals surface area contributed by atoms with E-state index in [0.717, 1.165) is 37.7 Å². The third-order valence-corrected chi connectivity index (χ3v) is 3.99. The van der Waals surface area contributed by atoms with Gasteiger partial charge in [-0.1, -0.05) is 18.2 Å². The molecule has 0 aliphatic carbocycles. The second-order valence-corrected chi connectivity index (χ2v) is 5.90. The summed E-state index contributed by atoms with van der Waals surface area (Å²) >= 11 is 0. The van der Waals surface area contributed by atoms with Gasteiger partial charge in [0, 0.05) is 26.2 Å². The molecule has 1 aliphatic heterocycles. The first kappa shape index (κ1) is 16.7. The molecule has 1 unspecified atom stereocenters. The van der Waals surface area contributed by atoms with Crippen molar-refractivity contribution in [2.24, 2.45) is 10.9 Å². The second kappa shape index (κ2) is 8.73. The van der Waals surface area contributed by atoms with Crippen LogP contribution in [0.5, 0.6) is 0 Å². The van der Waals surface area contributed by atoms with E-state index in [2.05, 4.69) is 34.5 Å². The quantitative estimate of drug-likeness (QED) is 0.623. The Labute approximate surface area is 132 Å². The van der Waals surface area contributed by atoms with Crippen molar-refractivity contribution in [2.45, 2.75) is 19.8 Å². The van der Waals surface area contributed by atoms with Crippen molar-refractivity contribution in [1.29, 1.82) is 0 Å². The van der Waals surface area contributed by atoms with Crippen LogP contribution in [0.2, 0.25) is 0 Å². The number of rotatable bonds is 6. The van der Waals surface area contributed by atoms with Gasteiger partial charge in [-0.2, -0.15) is 0 Å². The molecule has 0 radical (unpaired) electrons. The molecule has 1 aliphatic rings. The molecule has 5 heteroatoms. The third-order valence-electron chi connectivity index (χ3n) is 3.99. The highest BCUT2D eigenvalue weighted by Crippen LogP contribution is 2.14. The van der Waals surface area contributed by atoms with E-state index in [-0.39, 0.29) is 5.82 Å². The van der Waals surface area contributed by atoms with Gasteiger partial charge >= 0.3 is 0 Å². The fraction of sp³-hybridized carbons (Fsp3) is 0.588. The number of likely N-dealkylation sites (tertiary alicyclic amines) is 1. The summed E-state index contributed by atoms with van der Waals surface area (Å²) in [5.41, 5.74) is 0.739. The molecule has 1 aromatic rings. The second-order valence-electron chi connectivity index (χ2n) is 5.90. The SMILES string of the molecule is CCNC(=NCC1CCN(C)C1)NCCc1ccccc1F. The molecule has 1 fully saturated rings. The lowest BCUT2D eigenvalue weighted by Crippen LogP contribution is -2.38. The van der Waals surface area contributed by atoms with Crippen molar-refractivity contribution in [3.63, 3.8) is 0 Å².